The number of carbonyl (C=O) groups is 2. The van der Waals surface area contributed by atoms with Gasteiger partial charge in [0.2, 0.25) is 0 Å². The van der Waals surface area contributed by atoms with Gasteiger partial charge in [-0.2, -0.15) is 0 Å². The first-order chi connectivity index (χ1) is 5.16. The van der Waals surface area contributed by atoms with Crippen molar-refractivity contribution >= 4 is 24.3 Å². The van der Waals surface area contributed by atoms with E-state index < -0.39 is 11.9 Å². The highest BCUT2D eigenvalue weighted by molar-refractivity contribution is 5.86. The molecule has 0 spiro atoms. The van der Waals surface area contributed by atoms with Gasteiger partial charge in [-0.3, -0.25) is 9.59 Å². The van der Waals surface area contributed by atoms with Gasteiger partial charge >= 0.3 is 11.9 Å². The zero-order valence-electron chi connectivity index (χ0n) is 6.65. The molecule has 2 atom stereocenters. The summed E-state index contributed by atoms with van der Waals surface area (Å²) in [7, 11) is 0. The van der Waals surface area contributed by atoms with E-state index in [0.717, 1.165) is 0 Å². The first-order valence-electron chi connectivity index (χ1n) is 3.56. The second-order valence-electron chi connectivity index (χ2n) is 2.54. The van der Waals surface area contributed by atoms with Gasteiger partial charge in [0.25, 0.3) is 0 Å². The Morgan fingerprint density at radius 2 is 2.08 bits per heavy atom. The Bertz CT molecular complexity index is 192. The SMILES string of the molecule is CCOC(=O)C1CC1C(=O)O.Cl. The molecule has 1 rings (SSSR count). The second-order valence-corrected chi connectivity index (χ2v) is 2.54. The highest BCUT2D eigenvalue weighted by atomic mass is 35.5. The van der Waals surface area contributed by atoms with Gasteiger partial charge < -0.3 is 9.84 Å². The van der Waals surface area contributed by atoms with Crippen molar-refractivity contribution < 1.29 is 19.4 Å². The van der Waals surface area contributed by atoms with Crippen LogP contribution in [0.15, 0.2) is 0 Å². The number of esters is 1. The lowest BCUT2D eigenvalue weighted by atomic mass is 10.3. The first kappa shape index (κ1) is 11.2. The molecule has 0 aromatic carbocycles. The summed E-state index contributed by atoms with van der Waals surface area (Å²) in [5.41, 5.74) is 0. The number of hydrogen-bond acceptors (Lipinski definition) is 3. The fourth-order valence-corrected chi connectivity index (χ4v) is 0.978. The number of aliphatic carboxylic acids is 1. The molecule has 12 heavy (non-hydrogen) atoms. The molecule has 2 unspecified atom stereocenters. The second kappa shape index (κ2) is 4.30. The molecule has 4 nitrogen and oxygen atoms in total. The van der Waals surface area contributed by atoms with E-state index in [9.17, 15) is 9.59 Å². The van der Waals surface area contributed by atoms with Crippen LogP contribution in [-0.4, -0.2) is 23.7 Å². The molecule has 0 aliphatic heterocycles. The summed E-state index contributed by atoms with van der Waals surface area (Å²) in [4.78, 5) is 21.1. The molecule has 0 aromatic rings. The quantitative estimate of drug-likeness (QED) is 0.672. The lowest BCUT2D eigenvalue weighted by molar-refractivity contribution is -0.148. The van der Waals surface area contributed by atoms with Crippen molar-refractivity contribution in [2.45, 2.75) is 13.3 Å². The molecule has 0 radical (unpaired) electrons. The van der Waals surface area contributed by atoms with Crippen LogP contribution in [0, 0.1) is 11.8 Å². The zero-order chi connectivity index (χ0) is 8.43. The van der Waals surface area contributed by atoms with Gasteiger partial charge in [-0.15, -0.1) is 12.4 Å². The van der Waals surface area contributed by atoms with Gasteiger partial charge in [0.1, 0.15) is 0 Å². The molecule has 1 saturated carbocycles. The third-order valence-corrected chi connectivity index (χ3v) is 1.70. The molecular weight excluding hydrogens is 184 g/mol. The topological polar surface area (TPSA) is 63.6 Å². The minimum Gasteiger partial charge on any atom is -0.481 e. The summed E-state index contributed by atoms with van der Waals surface area (Å²) >= 11 is 0. The highest BCUT2D eigenvalue weighted by Crippen LogP contribution is 2.39. The molecule has 5 heteroatoms. The molecule has 0 amide bonds. The predicted molar refractivity (Wildman–Crippen MR) is 43.1 cm³/mol. The summed E-state index contributed by atoms with van der Waals surface area (Å²) in [5, 5.41) is 8.43. The number of ether oxygens (including phenoxy) is 1. The van der Waals surface area contributed by atoms with Crippen molar-refractivity contribution in [3.05, 3.63) is 0 Å². The predicted octanol–water partition coefficient (Wildman–Crippen LogP) is 0.692. The zero-order valence-corrected chi connectivity index (χ0v) is 7.47. The van der Waals surface area contributed by atoms with Crippen molar-refractivity contribution in [3.63, 3.8) is 0 Å². The fourth-order valence-electron chi connectivity index (χ4n) is 0.978. The van der Waals surface area contributed by atoms with E-state index in [1.807, 2.05) is 0 Å². The summed E-state index contributed by atoms with van der Waals surface area (Å²) < 4.78 is 4.64. The van der Waals surface area contributed by atoms with Crippen LogP contribution in [0.2, 0.25) is 0 Å². The smallest absolute Gasteiger partial charge is 0.309 e. The number of carbonyl (C=O) groups excluding carboxylic acids is 1. The Balaban J connectivity index is 0.00000121. The van der Waals surface area contributed by atoms with Crippen molar-refractivity contribution in [3.8, 4) is 0 Å². The van der Waals surface area contributed by atoms with Crippen molar-refractivity contribution in [2.24, 2.45) is 11.8 Å². The molecule has 1 N–H and O–H groups in total. The molecule has 0 saturated heterocycles. The number of carboxylic acids is 1. The Morgan fingerprint density at radius 3 is 2.42 bits per heavy atom. The molecular formula is C7H11ClO4. The molecule has 70 valence electrons. The standard InChI is InChI=1S/C7H10O4.ClH/c1-2-11-7(10)5-3-4(5)6(8)9;/h4-5H,2-3H2,1H3,(H,8,9);1H. The van der Waals surface area contributed by atoms with Gasteiger partial charge in [0, 0.05) is 0 Å². The van der Waals surface area contributed by atoms with Crippen LogP contribution in [-0.2, 0) is 14.3 Å². The van der Waals surface area contributed by atoms with Gasteiger partial charge in [-0.25, -0.2) is 0 Å². The van der Waals surface area contributed by atoms with Crippen molar-refractivity contribution in [1.82, 2.24) is 0 Å². The number of carboxylic acid groups (broad SMARTS) is 1. The van der Waals surface area contributed by atoms with E-state index in [1.165, 1.54) is 0 Å². The van der Waals surface area contributed by atoms with Crippen LogP contribution < -0.4 is 0 Å². The van der Waals surface area contributed by atoms with E-state index in [1.54, 1.807) is 6.92 Å². The van der Waals surface area contributed by atoms with Crippen LogP contribution in [0.25, 0.3) is 0 Å². The molecule has 1 aliphatic rings. The minimum absolute atomic E-state index is 0. The van der Waals surface area contributed by atoms with Gasteiger partial charge in [-0.1, -0.05) is 0 Å². The number of rotatable bonds is 3. The van der Waals surface area contributed by atoms with E-state index in [4.69, 9.17) is 5.11 Å². The molecule has 0 heterocycles. The maximum atomic E-state index is 10.8. The Labute approximate surface area is 76.3 Å². The summed E-state index contributed by atoms with van der Waals surface area (Å²) in [6.07, 6.45) is 0.439. The van der Waals surface area contributed by atoms with Crippen LogP contribution in [0.4, 0.5) is 0 Å². The number of halogens is 1. The Kier molecular flexibility index (Phi) is 4.03. The average Bonchev–Trinajstić information content (AvgIpc) is 2.65. The van der Waals surface area contributed by atoms with Gasteiger partial charge in [0.05, 0.1) is 18.4 Å². The van der Waals surface area contributed by atoms with Crippen molar-refractivity contribution in [1.29, 1.82) is 0 Å². The largest absolute Gasteiger partial charge is 0.481 e. The number of hydrogen-bond donors (Lipinski definition) is 1. The van der Waals surface area contributed by atoms with E-state index in [-0.39, 0.29) is 24.3 Å². The fraction of sp³-hybridized carbons (Fsp3) is 0.714. The van der Waals surface area contributed by atoms with E-state index >= 15 is 0 Å². The summed E-state index contributed by atoms with van der Waals surface area (Å²) in [6.45, 7) is 2.03. The minimum atomic E-state index is -0.900. The van der Waals surface area contributed by atoms with Gasteiger partial charge in [0.15, 0.2) is 0 Å². The Hall–Kier alpha value is -0.770. The first-order valence-corrected chi connectivity index (χ1v) is 3.56. The maximum Gasteiger partial charge on any atom is 0.309 e. The molecule has 1 fully saturated rings. The van der Waals surface area contributed by atoms with E-state index in [2.05, 4.69) is 4.74 Å². The summed E-state index contributed by atoms with van der Waals surface area (Å²) in [6, 6.07) is 0. The van der Waals surface area contributed by atoms with Crippen LogP contribution >= 0.6 is 12.4 Å². The lowest BCUT2D eigenvalue weighted by Gasteiger charge is -1.97. The van der Waals surface area contributed by atoms with Crippen LogP contribution in [0.3, 0.4) is 0 Å². The molecule has 0 aromatic heterocycles. The third kappa shape index (κ3) is 2.37. The summed E-state index contributed by atoms with van der Waals surface area (Å²) in [5.74, 6) is -2.15. The molecule has 0 bridgehead atoms. The van der Waals surface area contributed by atoms with Crippen molar-refractivity contribution in [2.75, 3.05) is 6.61 Å². The molecule has 1 aliphatic carbocycles. The average molecular weight is 195 g/mol. The maximum absolute atomic E-state index is 10.8. The lowest BCUT2D eigenvalue weighted by Crippen LogP contribution is -2.10. The monoisotopic (exact) mass is 194 g/mol. The Morgan fingerprint density at radius 1 is 1.50 bits per heavy atom. The van der Waals surface area contributed by atoms with Crippen LogP contribution in [0.5, 0.6) is 0 Å². The normalized spacial score (nSPS) is 25.4. The van der Waals surface area contributed by atoms with Crippen LogP contribution in [0.1, 0.15) is 13.3 Å². The third-order valence-electron chi connectivity index (χ3n) is 1.70. The highest BCUT2D eigenvalue weighted by Gasteiger charge is 2.49. The van der Waals surface area contributed by atoms with Gasteiger partial charge in [-0.05, 0) is 13.3 Å². The van der Waals surface area contributed by atoms with E-state index in [0.29, 0.717) is 13.0 Å².